The Labute approximate surface area is 132 Å². The van der Waals surface area contributed by atoms with E-state index in [-0.39, 0.29) is 12.6 Å². The van der Waals surface area contributed by atoms with Crippen LogP contribution in [0.5, 0.6) is 0 Å². The van der Waals surface area contributed by atoms with Crippen molar-refractivity contribution in [3.8, 4) is 0 Å². The molecule has 0 aliphatic carbocycles. The minimum Gasteiger partial charge on any atom is -0.301 e. The number of nitrogens with zero attached hydrogens (tertiary/aromatic N) is 1. The van der Waals surface area contributed by atoms with Crippen LogP contribution in [0, 0.1) is 11.6 Å². The van der Waals surface area contributed by atoms with Crippen LogP contribution < -0.4 is 4.72 Å². The van der Waals surface area contributed by atoms with Crippen LogP contribution in [0.4, 0.5) is 8.78 Å². The molecule has 0 aliphatic rings. The third kappa shape index (κ3) is 3.89. The van der Waals surface area contributed by atoms with Gasteiger partial charge in [0.2, 0.25) is 10.0 Å². The van der Waals surface area contributed by atoms with Gasteiger partial charge in [-0.1, -0.05) is 0 Å². The van der Waals surface area contributed by atoms with Crippen LogP contribution in [0.2, 0.25) is 0 Å². The molecule has 1 aromatic heterocycles. The number of rotatable bonds is 6. The van der Waals surface area contributed by atoms with Gasteiger partial charge in [0.25, 0.3) is 0 Å². The summed E-state index contributed by atoms with van der Waals surface area (Å²) in [6.07, 6.45) is 0. The maximum absolute atomic E-state index is 13.6. The van der Waals surface area contributed by atoms with Gasteiger partial charge in [-0.2, -0.15) is 11.3 Å². The number of thiophene rings is 1. The molecule has 0 amide bonds. The third-order valence-electron chi connectivity index (χ3n) is 3.20. The summed E-state index contributed by atoms with van der Waals surface area (Å²) in [6.45, 7) is 0.0862. The quantitative estimate of drug-likeness (QED) is 0.875. The van der Waals surface area contributed by atoms with Crippen molar-refractivity contribution in [2.24, 2.45) is 0 Å². The van der Waals surface area contributed by atoms with Crippen LogP contribution >= 0.6 is 11.3 Å². The summed E-state index contributed by atoms with van der Waals surface area (Å²) < 4.78 is 53.2. The van der Waals surface area contributed by atoms with Gasteiger partial charge >= 0.3 is 0 Å². The van der Waals surface area contributed by atoms with E-state index in [1.54, 1.807) is 0 Å². The lowest BCUT2D eigenvalue weighted by Crippen LogP contribution is -2.34. The number of sulfonamides is 1. The van der Waals surface area contributed by atoms with Crippen LogP contribution in [0.3, 0.4) is 0 Å². The van der Waals surface area contributed by atoms with E-state index < -0.39 is 26.6 Å². The van der Waals surface area contributed by atoms with Crippen molar-refractivity contribution in [1.29, 1.82) is 0 Å². The smallest absolute Gasteiger partial charge is 0.243 e. The van der Waals surface area contributed by atoms with Gasteiger partial charge in [-0.05, 0) is 48.6 Å². The van der Waals surface area contributed by atoms with E-state index >= 15 is 0 Å². The fourth-order valence-corrected chi connectivity index (χ4v) is 3.83. The van der Waals surface area contributed by atoms with Crippen molar-refractivity contribution in [3.05, 3.63) is 52.2 Å². The molecule has 0 saturated carbocycles. The predicted octanol–water partition coefficient (Wildman–Crippen LogP) is 2.61. The highest BCUT2D eigenvalue weighted by molar-refractivity contribution is 7.89. The molecule has 2 aromatic rings. The van der Waals surface area contributed by atoms with Gasteiger partial charge in [-0.3, -0.25) is 0 Å². The first kappa shape index (κ1) is 17.0. The van der Waals surface area contributed by atoms with Gasteiger partial charge in [0.05, 0.1) is 0 Å². The highest BCUT2D eigenvalue weighted by Gasteiger charge is 2.22. The van der Waals surface area contributed by atoms with Crippen LogP contribution in [-0.4, -0.2) is 34.0 Å². The molecular weight excluding hydrogens is 330 g/mol. The molecule has 120 valence electrons. The summed E-state index contributed by atoms with van der Waals surface area (Å²) in [7, 11) is -0.385. The molecule has 1 unspecified atom stereocenters. The van der Waals surface area contributed by atoms with E-state index in [9.17, 15) is 17.2 Å². The summed E-state index contributed by atoms with van der Waals surface area (Å²) >= 11 is 1.51. The SMILES string of the molecule is CN(C)C(CNS(=O)(=O)c1ccc(F)cc1F)c1ccsc1. The average molecular weight is 346 g/mol. The van der Waals surface area contributed by atoms with Gasteiger partial charge in [0.15, 0.2) is 0 Å². The average Bonchev–Trinajstić information content (AvgIpc) is 2.91. The number of hydrogen-bond donors (Lipinski definition) is 1. The summed E-state index contributed by atoms with van der Waals surface area (Å²) in [6, 6.07) is 4.12. The van der Waals surface area contributed by atoms with Crippen molar-refractivity contribution in [2.45, 2.75) is 10.9 Å². The normalized spacial score (nSPS) is 13.5. The van der Waals surface area contributed by atoms with E-state index in [4.69, 9.17) is 0 Å². The first-order chi connectivity index (χ1) is 10.3. The Balaban J connectivity index is 2.18. The zero-order chi connectivity index (χ0) is 16.3. The second-order valence-electron chi connectivity index (χ2n) is 4.96. The summed E-state index contributed by atoms with van der Waals surface area (Å²) in [4.78, 5) is 1.31. The molecule has 1 atom stereocenters. The zero-order valence-corrected chi connectivity index (χ0v) is 13.7. The summed E-state index contributed by atoms with van der Waals surface area (Å²) in [5.74, 6) is -1.93. The molecule has 0 radical (unpaired) electrons. The lowest BCUT2D eigenvalue weighted by Gasteiger charge is -2.24. The minimum atomic E-state index is -4.04. The van der Waals surface area contributed by atoms with Gasteiger partial charge in [-0.25, -0.2) is 21.9 Å². The van der Waals surface area contributed by atoms with Gasteiger partial charge < -0.3 is 4.90 Å². The molecule has 4 nitrogen and oxygen atoms in total. The second kappa shape index (κ2) is 6.82. The largest absolute Gasteiger partial charge is 0.301 e. The topological polar surface area (TPSA) is 49.4 Å². The van der Waals surface area contributed by atoms with E-state index in [0.29, 0.717) is 6.07 Å². The molecule has 0 bridgehead atoms. The fraction of sp³-hybridized carbons (Fsp3) is 0.286. The van der Waals surface area contributed by atoms with Gasteiger partial charge in [0.1, 0.15) is 16.5 Å². The lowest BCUT2D eigenvalue weighted by atomic mass is 10.1. The molecule has 1 N–H and O–H groups in total. The summed E-state index contributed by atoms with van der Waals surface area (Å²) in [5.41, 5.74) is 0.970. The van der Waals surface area contributed by atoms with Crippen LogP contribution in [0.15, 0.2) is 39.9 Å². The Morgan fingerprint density at radius 1 is 1.27 bits per heavy atom. The van der Waals surface area contributed by atoms with Crippen molar-refractivity contribution < 1.29 is 17.2 Å². The molecule has 0 saturated heterocycles. The maximum Gasteiger partial charge on any atom is 0.243 e. The monoisotopic (exact) mass is 346 g/mol. The molecule has 0 spiro atoms. The minimum absolute atomic E-state index is 0.0862. The van der Waals surface area contributed by atoms with Crippen molar-refractivity contribution in [2.75, 3.05) is 20.6 Å². The molecular formula is C14H16F2N2O2S2. The standard InChI is InChI=1S/C14H16F2N2O2S2/c1-18(2)13(10-5-6-21-9-10)8-17-22(19,20)14-4-3-11(15)7-12(14)16/h3-7,9,13,17H,8H2,1-2H3. The van der Waals surface area contributed by atoms with Gasteiger partial charge in [0, 0.05) is 18.7 Å². The molecule has 1 heterocycles. The molecule has 0 fully saturated rings. The Hall–Kier alpha value is -1.35. The molecule has 2 rings (SSSR count). The number of halogens is 2. The second-order valence-corrected chi connectivity index (χ2v) is 7.48. The van der Waals surface area contributed by atoms with Crippen LogP contribution in [-0.2, 0) is 10.0 Å². The summed E-state index contributed by atoms with van der Waals surface area (Å²) in [5, 5.41) is 3.83. The number of nitrogens with one attached hydrogen (secondary N) is 1. The Morgan fingerprint density at radius 3 is 2.55 bits per heavy atom. The van der Waals surface area contributed by atoms with Gasteiger partial charge in [-0.15, -0.1) is 0 Å². The number of likely N-dealkylation sites (N-methyl/N-ethyl adjacent to an activating group) is 1. The zero-order valence-electron chi connectivity index (χ0n) is 12.1. The molecule has 0 aliphatic heterocycles. The highest BCUT2D eigenvalue weighted by atomic mass is 32.2. The van der Waals surface area contributed by atoms with Crippen LogP contribution in [0.25, 0.3) is 0 Å². The van der Waals surface area contributed by atoms with E-state index in [1.165, 1.54) is 11.3 Å². The molecule has 8 heteroatoms. The lowest BCUT2D eigenvalue weighted by molar-refractivity contribution is 0.300. The van der Waals surface area contributed by atoms with Crippen LogP contribution in [0.1, 0.15) is 11.6 Å². The molecule has 1 aromatic carbocycles. The van der Waals surface area contributed by atoms with Crippen molar-refractivity contribution >= 4 is 21.4 Å². The Bertz CT molecular complexity index is 731. The van der Waals surface area contributed by atoms with E-state index in [0.717, 1.165) is 17.7 Å². The first-order valence-electron chi connectivity index (χ1n) is 6.44. The number of benzene rings is 1. The van der Waals surface area contributed by atoms with Crippen molar-refractivity contribution in [3.63, 3.8) is 0 Å². The third-order valence-corrected chi connectivity index (χ3v) is 5.36. The number of hydrogen-bond acceptors (Lipinski definition) is 4. The predicted molar refractivity (Wildman–Crippen MR) is 82.3 cm³/mol. The van der Waals surface area contributed by atoms with E-state index in [2.05, 4.69) is 4.72 Å². The molecule has 22 heavy (non-hydrogen) atoms. The maximum atomic E-state index is 13.6. The van der Waals surface area contributed by atoms with E-state index in [1.807, 2.05) is 35.8 Å². The Kier molecular flexibility index (Phi) is 5.28. The fourth-order valence-electron chi connectivity index (χ4n) is 2.02. The first-order valence-corrected chi connectivity index (χ1v) is 8.87. The Morgan fingerprint density at radius 2 is 2.00 bits per heavy atom. The highest BCUT2D eigenvalue weighted by Crippen LogP contribution is 2.21. The van der Waals surface area contributed by atoms with Crippen molar-refractivity contribution in [1.82, 2.24) is 9.62 Å².